The molecule has 2 rings (SSSR count). The zero-order valence-corrected chi connectivity index (χ0v) is 11.3. The van der Waals surface area contributed by atoms with Crippen LogP contribution in [0.15, 0.2) is 29.6 Å². The molecule has 17 heavy (non-hydrogen) atoms. The topological polar surface area (TPSA) is 38.9 Å². The highest BCUT2D eigenvalue weighted by atomic mass is 35.5. The van der Waals surface area contributed by atoms with Crippen LogP contribution in [0.3, 0.4) is 0 Å². The Kier molecular flexibility index (Phi) is 4.15. The molecule has 0 radical (unpaired) electrons. The number of halogens is 1. The van der Waals surface area contributed by atoms with Gasteiger partial charge in [-0.1, -0.05) is 30.7 Å². The molecule has 2 nitrogen and oxygen atoms in total. The van der Waals surface area contributed by atoms with Crippen LogP contribution in [-0.4, -0.2) is 11.5 Å². The SMILES string of the molecule is CC(CN)c1csc(Cc2cccc(Cl)c2)n1. The van der Waals surface area contributed by atoms with Gasteiger partial charge in [-0.2, -0.15) is 0 Å². The van der Waals surface area contributed by atoms with Gasteiger partial charge in [-0.3, -0.25) is 0 Å². The van der Waals surface area contributed by atoms with Gasteiger partial charge in [0, 0.05) is 29.3 Å². The maximum atomic E-state index is 5.96. The highest BCUT2D eigenvalue weighted by Gasteiger charge is 2.08. The van der Waals surface area contributed by atoms with Gasteiger partial charge in [0.05, 0.1) is 10.7 Å². The highest BCUT2D eigenvalue weighted by molar-refractivity contribution is 7.09. The van der Waals surface area contributed by atoms with Gasteiger partial charge in [-0.15, -0.1) is 11.3 Å². The van der Waals surface area contributed by atoms with Crippen LogP contribution in [0.25, 0.3) is 0 Å². The first-order valence-electron chi connectivity index (χ1n) is 5.58. The Balaban J connectivity index is 2.11. The summed E-state index contributed by atoms with van der Waals surface area (Å²) in [5, 5.41) is 3.98. The minimum absolute atomic E-state index is 0.333. The number of hydrogen-bond donors (Lipinski definition) is 1. The monoisotopic (exact) mass is 266 g/mol. The van der Waals surface area contributed by atoms with Gasteiger partial charge in [0.15, 0.2) is 0 Å². The molecule has 4 heteroatoms. The van der Waals surface area contributed by atoms with E-state index in [4.69, 9.17) is 17.3 Å². The first kappa shape index (κ1) is 12.6. The van der Waals surface area contributed by atoms with Crippen molar-refractivity contribution in [3.63, 3.8) is 0 Å². The first-order valence-corrected chi connectivity index (χ1v) is 6.83. The zero-order valence-electron chi connectivity index (χ0n) is 9.69. The number of nitrogens with zero attached hydrogens (tertiary/aromatic N) is 1. The largest absolute Gasteiger partial charge is 0.330 e. The number of nitrogens with two attached hydrogens (primary N) is 1. The van der Waals surface area contributed by atoms with Gasteiger partial charge < -0.3 is 5.73 Å². The molecule has 1 aromatic heterocycles. The predicted molar refractivity (Wildman–Crippen MR) is 73.8 cm³/mol. The number of rotatable bonds is 4. The summed E-state index contributed by atoms with van der Waals surface area (Å²) in [7, 11) is 0. The number of thiazole rings is 1. The van der Waals surface area contributed by atoms with E-state index in [-0.39, 0.29) is 0 Å². The summed E-state index contributed by atoms with van der Waals surface area (Å²) in [5.74, 6) is 0.333. The summed E-state index contributed by atoms with van der Waals surface area (Å²) in [6.07, 6.45) is 0.836. The Bertz CT molecular complexity index is 496. The smallest absolute Gasteiger partial charge is 0.0972 e. The van der Waals surface area contributed by atoms with E-state index >= 15 is 0 Å². The molecule has 2 N–H and O–H groups in total. The third-order valence-electron chi connectivity index (χ3n) is 2.67. The highest BCUT2D eigenvalue weighted by Crippen LogP contribution is 2.21. The molecule has 0 fully saturated rings. The number of benzene rings is 1. The van der Waals surface area contributed by atoms with Crippen molar-refractivity contribution >= 4 is 22.9 Å². The molecule has 0 amide bonds. The summed E-state index contributed by atoms with van der Waals surface area (Å²) in [6.45, 7) is 2.73. The van der Waals surface area contributed by atoms with Crippen LogP contribution in [0.5, 0.6) is 0 Å². The van der Waals surface area contributed by atoms with Crippen molar-refractivity contribution in [1.29, 1.82) is 0 Å². The van der Waals surface area contributed by atoms with Crippen molar-refractivity contribution < 1.29 is 0 Å². The molecule has 90 valence electrons. The van der Waals surface area contributed by atoms with E-state index < -0.39 is 0 Å². The minimum Gasteiger partial charge on any atom is -0.330 e. The average Bonchev–Trinajstić information content (AvgIpc) is 2.76. The van der Waals surface area contributed by atoms with Gasteiger partial charge >= 0.3 is 0 Å². The van der Waals surface area contributed by atoms with Crippen LogP contribution in [0, 0.1) is 0 Å². The van der Waals surface area contributed by atoms with Crippen LogP contribution in [0.2, 0.25) is 5.02 Å². The third kappa shape index (κ3) is 3.28. The Hall–Kier alpha value is -0.900. The van der Waals surface area contributed by atoms with E-state index in [9.17, 15) is 0 Å². The predicted octanol–water partition coefficient (Wildman–Crippen LogP) is 3.45. The van der Waals surface area contributed by atoms with E-state index in [2.05, 4.69) is 23.4 Å². The van der Waals surface area contributed by atoms with Crippen LogP contribution in [-0.2, 0) is 6.42 Å². The summed E-state index contributed by atoms with van der Waals surface area (Å²) >= 11 is 7.64. The second-order valence-corrected chi connectivity index (χ2v) is 5.49. The fourth-order valence-corrected chi connectivity index (χ4v) is 2.74. The first-order chi connectivity index (χ1) is 8.19. The lowest BCUT2D eigenvalue weighted by atomic mass is 10.1. The average molecular weight is 267 g/mol. The lowest BCUT2D eigenvalue weighted by molar-refractivity contribution is 0.748. The lowest BCUT2D eigenvalue weighted by Crippen LogP contribution is -2.09. The summed E-state index contributed by atoms with van der Waals surface area (Å²) < 4.78 is 0. The molecule has 0 aliphatic heterocycles. The minimum atomic E-state index is 0.333. The Morgan fingerprint density at radius 3 is 3.00 bits per heavy atom. The fourth-order valence-electron chi connectivity index (χ4n) is 1.57. The van der Waals surface area contributed by atoms with Crippen LogP contribution >= 0.6 is 22.9 Å². The molecule has 1 heterocycles. The normalized spacial score (nSPS) is 12.6. The van der Waals surface area contributed by atoms with Gasteiger partial charge in [-0.05, 0) is 17.7 Å². The van der Waals surface area contributed by atoms with Crippen molar-refractivity contribution in [2.24, 2.45) is 5.73 Å². The van der Waals surface area contributed by atoms with Crippen molar-refractivity contribution in [2.75, 3.05) is 6.54 Å². The molecule has 2 aromatic rings. The van der Waals surface area contributed by atoms with Crippen molar-refractivity contribution in [3.05, 3.63) is 50.9 Å². The second-order valence-electron chi connectivity index (χ2n) is 4.11. The van der Waals surface area contributed by atoms with Gasteiger partial charge in [0.1, 0.15) is 0 Å². The zero-order chi connectivity index (χ0) is 12.3. The summed E-state index contributed by atoms with van der Waals surface area (Å²) in [5.41, 5.74) is 7.92. The quantitative estimate of drug-likeness (QED) is 0.921. The van der Waals surface area contributed by atoms with Crippen LogP contribution < -0.4 is 5.73 Å². The fraction of sp³-hybridized carbons (Fsp3) is 0.308. The molecule has 0 saturated carbocycles. The van der Waals surface area contributed by atoms with Crippen LogP contribution in [0.4, 0.5) is 0 Å². The maximum Gasteiger partial charge on any atom is 0.0972 e. The van der Waals surface area contributed by atoms with Gasteiger partial charge in [0.2, 0.25) is 0 Å². The van der Waals surface area contributed by atoms with Crippen molar-refractivity contribution in [1.82, 2.24) is 4.98 Å². The third-order valence-corrected chi connectivity index (χ3v) is 3.77. The molecule has 1 unspecified atom stereocenters. The molecule has 0 saturated heterocycles. The van der Waals surface area contributed by atoms with E-state index in [0.29, 0.717) is 12.5 Å². The molecule has 0 spiro atoms. The van der Waals surface area contributed by atoms with E-state index in [1.54, 1.807) is 11.3 Å². The lowest BCUT2D eigenvalue weighted by Gasteiger charge is -2.02. The Morgan fingerprint density at radius 1 is 1.47 bits per heavy atom. The molecule has 1 aromatic carbocycles. The molecule has 1 atom stereocenters. The van der Waals surface area contributed by atoms with Gasteiger partial charge in [0.25, 0.3) is 0 Å². The standard InChI is InChI=1S/C13H15ClN2S/c1-9(7-15)12-8-17-13(16-12)6-10-3-2-4-11(14)5-10/h2-5,8-9H,6-7,15H2,1H3. The number of aromatic nitrogens is 1. The molecule has 0 aliphatic rings. The molecular weight excluding hydrogens is 252 g/mol. The van der Waals surface area contributed by atoms with E-state index in [1.807, 2.05) is 18.2 Å². The Morgan fingerprint density at radius 2 is 2.29 bits per heavy atom. The van der Waals surface area contributed by atoms with E-state index in [1.165, 1.54) is 5.56 Å². The summed E-state index contributed by atoms with van der Waals surface area (Å²) in [4.78, 5) is 4.60. The van der Waals surface area contributed by atoms with Crippen molar-refractivity contribution in [2.45, 2.75) is 19.3 Å². The Labute approximate surface area is 110 Å². The van der Waals surface area contributed by atoms with Gasteiger partial charge in [-0.25, -0.2) is 4.98 Å². The molecule has 0 bridgehead atoms. The van der Waals surface area contributed by atoms with Crippen LogP contribution in [0.1, 0.15) is 29.1 Å². The summed E-state index contributed by atoms with van der Waals surface area (Å²) in [6, 6.07) is 7.90. The van der Waals surface area contributed by atoms with Crippen molar-refractivity contribution in [3.8, 4) is 0 Å². The van der Waals surface area contributed by atoms with E-state index in [0.717, 1.165) is 22.1 Å². The second kappa shape index (κ2) is 5.63. The number of hydrogen-bond acceptors (Lipinski definition) is 3. The molecular formula is C13H15ClN2S. The maximum absolute atomic E-state index is 5.96. The molecule has 0 aliphatic carbocycles.